The fourth-order valence-electron chi connectivity index (χ4n) is 1.84. The Labute approximate surface area is 82.6 Å². The minimum Gasteiger partial charge on any atom is -0.319 e. The van der Waals surface area contributed by atoms with Gasteiger partial charge in [0.05, 0.1) is 17.3 Å². The van der Waals surface area contributed by atoms with Gasteiger partial charge in [-0.25, -0.2) is 4.98 Å². The van der Waals surface area contributed by atoms with Crippen LogP contribution in [0.2, 0.25) is 0 Å². The third-order valence-corrected chi connectivity index (χ3v) is 2.92. The van der Waals surface area contributed by atoms with Crippen LogP contribution in [-0.2, 0) is 5.54 Å². The zero-order valence-electron chi connectivity index (χ0n) is 8.20. The monoisotopic (exact) mass is 187 g/mol. The molecular weight excluding hydrogens is 174 g/mol. The van der Waals surface area contributed by atoms with E-state index in [1.165, 1.54) is 5.56 Å². The summed E-state index contributed by atoms with van der Waals surface area (Å²) in [6.45, 7) is 2.09. The van der Waals surface area contributed by atoms with Gasteiger partial charge in [-0.3, -0.25) is 0 Å². The second kappa shape index (κ2) is 2.36. The molecule has 0 atom stereocenters. The van der Waals surface area contributed by atoms with Crippen LogP contribution in [0.25, 0.3) is 5.52 Å². The molecule has 0 amide bonds. The van der Waals surface area contributed by atoms with E-state index in [-0.39, 0.29) is 5.54 Å². The van der Waals surface area contributed by atoms with Crippen molar-refractivity contribution in [2.75, 3.05) is 0 Å². The first-order valence-corrected chi connectivity index (χ1v) is 4.92. The van der Waals surface area contributed by atoms with Gasteiger partial charge < -0.3 is 10.1 Å². The number of hydrogen-bond donors (Lipinski definition) is 1. The van der Waals surface area contributed by atoms with E-state index in [1.807, 2.05) is 6.20 Å². The van der Waals surface area contributed by atoms with Gasteiger partial charge in [0.25, 0.3) is 0 Å². The van der Waals surface area contributed by atoms with Gasteiger partial charge in [0.1, 0.15) is 5.82 Å². The number of nitrogens with zero attached hydrogens (tertiary/aromatic N) is 2. The molecule has 3 nitrogen and oxygen atoms in total. The minimum absolute atomic E-state index is 0.151. The van der Waals surface area contributed by atoms with Crippen molar-refractivity contribution in [1.29, 1.82) is 0 Å². The highest BCUT2D eigenvalue weighted by Gasteiger charge is 2.43. The highest BCUT2D eigenvalue weighted by atomic mass is 15.1. The molecule has 2 heterocycles. The predicted molar refractivity (Wildman–Crippen MR) is 55.0 cm³/mol. The Morgan fingerprint density at radius 1 is 1.50 bits per heavy atom. The van der Waals surface area contributed by atoms with Gasteiger partial charge in [0, 0.05) is 6.20 Å². The first-order valence-electron chi connectivity index (χ1n) is 4.92. The summed E-state index contributed by atoms with van der Waals surface area (Å²) >= 11 is 0. The first kappa shape index (κ1) is 8.00. The van der Waals surface area contributed by atoms with Crippen molar-refractivity contribution >= 4 is 5.52 Å². The molecule has 1 aliphatic carbocycles. The molecule has 0 unspecified atom stereocenters. The lowest BCUT2D eigenvalue weighted by Crippen LogP contribution is -2.22. The number of aromatic nitrogens is 2. The molecule has 72 valence electrons. The summed E-state index contributed by atoms with van der Waals surface area (Å²) in [5.41, 5.74) is 8.37. The zero-order valence-corrected chi connectivity index (χ0v) is 8.20. The van der Waals surface area contributed by atoms with Crippen molar-refractivity contribution in [3.05, 3.63) is 35.9 Å². The van der Waals surface area contributed by atoms with E-state index in [0.29, 0.717) is 0 Å². The van der Waals surface area contributed by atoms with Gasteiger partial charge in [-0.2, -0.15) is 0 Å². The Hall–Kier alpha value is -1.35. The maximum Gasteiger partial charge on any atom is 0.133 e. The van der Waals surface area contributed by atoms with E-state index in [0.717, 1.165) is 24.2 Å². The molecule has 1 fully saturated rings. The summed E-state index contributed by atoms with van der Waals surface area (Å²) in [7, 11) is 0. The second-order valence-corrected chi connectivity index (χ2v) is 4.24. The lowest BCUT2D eigenvalue weighted by Gasteiger charge is -2.07. The van der Waals surface area contributed by atoms with Crippen molar-refractivity contribution in [1.82, 2.24) is 9.38 Å². The van der Waals surface area contributed by atoms with Crippen LogP contribution in [0.3, 0.4) is 0 Å². The third kappa shape index (κ3) is 0.990. The van der Waals surface area contributed by atoms with Crippen LogP contribution in [0.1, 0.15) is 24.2 Å². The lowest BCUT2D eigenvalue weighted by molar-refractivity contribution is 0.669. The molecule has 3 heteroatoms. The van der Waals surface area contributed by atoms with Crippen molar-refractivity contribution in [3.8, 4) is 0 Å². The van der Waals surface area contributed by atoms with Crippen LogP contribution in [0.5, 0.6) is 0 Å². The molecule has 2 N–H and O–H groups in total. The standard InChI is InChI=1S/C11H13N3/c1-8-2-5-14-9(6-8)7-13-10(14)11(12)3-4-11/h2,5-7H,3-4,12H2,1H3. The molecule has 1 aliphatic rings. The Balaban J connectivity index is 2.27. The van der Waals surface area contributed by atoms with Crippen LogP contribution >= 0.6 is 0 Å². The summed E-state index contributed by atoms with van der Waals surface area (Å²) in [6, 6.07) is 4.21. The van der Waals surface area contributed by atoms with Gasteiger partial charge in [0.15, 0.2) is 0 Å². The van der Waals surface area contributed by atoms with E-state index in [4.69, 9.17) is 5.73 Å². The summed E-state index contributed by atoms with van der Waals surface area (Å²) in [6.07, 6.45) is 6.06. The van der Waals surface area contributed by atoms with Crippen molar-refractivity contribution in [2.45, 2.75) is 25.3 Å². The zero-order chi connectivity index (χ0) is 9.76. The van der Waals surface area contributed by atoms with Crippen LogP contribution < -0.4 is 5.73 Å². The van der Waals surface area contributed by atoms with Crippen molar-refractivity contribution < 1.29 is 0 Å². The van der Waals surface area contributed by atoms with Crippen molar-refractivity contribution in [2.24, 2.45) is 5.73 Å². The molecular formula is C11H13N3. The lowest BCUT2D eigenvalue weighted by atomic mass is 10.2. The highest BCUT2D eigenvalue weighted by molar-refractivity contribution is 5.49. The molecule has 14 heavy (non-hydrogen) atoms. The molecule has 0 spiro atoms. The topological polar surface area (TPSA) is 43.3 Å². The van der Waals surface area contributed by atoms with Crippen LogP contribution in [-0.4, -0.2) is 9.38 Å². The van der Waals surface area contributed by atoms with E-state index in [1.54, 1.807) is 0 Å². The molecule has 0 saturated heterocycles. The highest BCUT2D eigenvalue weighted by Crippen LogP contribution is 2.41. The molecule has 0 aromatic carbocycles. The maximum atomic E-state index is 6.13. The molecule has 3 rings (SSSR count). The van der Waals surface area contributed by atoms with Gasteiger partial charge in [-0.05, 0) is 37.5 Å². The van der Waals surface area contributed by atoms with Gasteiger partial charge in [0.2, 0.25) is 0 Å². The third-order valence-electron chi connectivity index (χ3n) is 2.92. The summed E-state index contributed by atoms with van der Waals surface area (Å²) in [5.74, 6) is 1.01. The SMILES string of the molecule is Cc1ccn2c(C3(N)CC3)ncc2c1. The van der Waals surface area contributed by atoms with E-state index < -0.39 is 0 Å². The molecule has 0 aliphatic heterocycles. The van der Waals surface area contributed by atoms with Gasteiger partial charge in [-0.1, -0.05) is 0 Å². The van der Waals surface area contributed by atoms with Crippen LogP contribution in [0.4, 0.5) is 0 Å². The molecule has 0 radical (unpaired) electrons. The maximum absolute atomic E-state index is 6.13. The molecule has 1 saturated carbocycles. The summed E-state index contributed by atoms with van der Waals surface area (Å²) < 4.78 is 2.10. The largest absolute Gasteiger partial charge is 0.319 e. The Morgan fingerprint density at radius 2 is 2.29 bits per heavy atom. The smallest absolute Gasteiger partial charge is 0.133 e. The average Bonchev–Trinajstić information content (AvgIpc) is 2.77. The average molecular weight is 187 g/mol. The van der Waals surface area contributed by atoms with Crippen LogP contribution in [0.15, 0.2) is 24.5 Å². The normalized spacial score (nSPS) is 18.7. The minimum atomic E-state index is -0.151. The Bertz CT molecular complexity index is 494. The molecule has 2 aromatic rings. The fourth-order valence-corrected chi connectivity index (χ4v) is 1.84. The Morgan fingerprint density at radius 3 is 3.00 bits per heavy atom. The number of pyridine rings is 1. The van der Waals surface area contributed by atoms with E-state index >= 15 is 0 Å². The van der Waals surface area contributed by atoms with Gasteiger partial charge >= 0.3 is 0 Å². The number of aryl methyl sites for hydroxylation is 1. The van der Waals surface area contributed by atoms with Gasteiger partial charge in [-0.15, -0.1) is 0 Å². The number of imidazole rings is 1. The number of hydrogen-bond acceptors (Lipinski definition) is 2. The molecule has 0 bridgehead atoms. The summed E-state index contributed by atoms with van der Waals surface area (Å²) in [5, 5.41) is 0. The second-order valence-electron chi connectivity index (χ2n) is 4.24. The van der Waals surface area contributed by atoms with Crippen molar-refractivity contribution in [3.63, 3.8) is 0 Å². The predicted octanol–water partition coefficient (Wildman–Crippen LogP) is 1.59. The first-order chi connectivity index (χ1) is 6.69. The quantitative estimate of drug-likeness (QED) is 0.736. The number of fused-ring (bicyclic) bond motifs is 1. The van der Waals surface area contributed by atoms with E-state index in [2.05, 4.69) is 34.6 Å². The van der Waals surface area contributed by atoms with E-state index in [9.17, 15) is 0 Å². The molecule has 2 aromatic heterocycles. The fraction of sp³-hybridized carbons (Fsp3) is 0.364. The summed E-state index contributed by atoms with van der Waals surface area (Å²) in [4.78, 5) is 4.41. The Kier molecular flexibility index (Phi) is 1.35. The van der Waals surface area contributed by atoms with Crippen LogP contribution in [0, 0.1) is 6.92 Å². The number of nitrogens with two attached hydrogens (primary N) is 1. The number of rotatable bonds is 1.